The fourth-order valence-corrected chi connectivity index (χ4v) is 5.27. The Labute approximate surface area is 329 Å². The van der Waals surface area contributed by atoms with Gasteiger partial charge in [0, 0.05) is 12.8 Å². The van der Waals surface area contributed by atoms with Crippen LogP contribution in [0.15, 0.2) is 60.8 Å². The van der Waals surface area contributed by atoms with E-state index >= 15 is 0 Å². The second-order valence-electron chi connectivity index (χ2n) is 14.9. The number of nitrogens with zero attached hydrogens (tertiary/aromatic N) is 1. The Balaban J connectivity index is 4.45. The van der Waals surface area contributed by atoms with Gasteiger partial charge in [0.05, 0.1) is 34.4 Å². The van der Waals surface area contributed by atoms with Crippen molar-refractivity contribution in [1.29, 1.82) is 0 Å². The number of carbonyl (C=O) groups excluding carboxylic acids is 2. The van der Waals surface area contributed by atoms with Crippen molar-refractivity contribution in [3.8, 4) is 0 Å². The van der Waals surface area contributed by atoms with Crippen LogP contribution in [-0.4, -0.2) is 87.4 Å². The second kappa shape index (κ2) is 36.9. The molecular weight excluding hydrogens is 682 g/mol. The molecule has 2 unspecified atom stereocenters. The zero-order valence-corrected chi connectivity index (χ0v) is 34.9. The van der Waals surface area contributed by atoms with Crippen LogP contribution in [-0.2, 0) is 33.3 Å². The number of hydrogen-bond acceptors (Lipinski definition) is 7. The van der Waals surface area contributed by atoms with Crippen LogP contribution < -0.4 is 0 Å². The number of rotatable bonds is 37. The average molecular weight is 761 g/mol. The van der Waals surface area contributed by atoms with Gasteiger partial charge in [0.2, 0.25) is 0 Å². The van der Waals surface area contributed by atoms with Gasteiger partial charge in [-0.25, -0.2) is 4.79 Å². The first-order valence-corrected chi connectivity index (χ1v) is 21.0. The van der Waals surface area contributed by atoms with Crippen LogP contribution in [0.5, 0.6) is 0 Å². The molecule has 0 amide bonds. The number of carboxylic acids is 1. The summed E-state index contributed by atoms with van der Waals surface area (Å²) in [4.78, 5) is 36.9. The Morgan fingerprint density at radius 1 is 0.574 bits per heavy atom. The lowest BCUT2D eigenvalue weighted by molar-refractivity contribution is -0.870. The molecule has 310 valence electrons. The van der Waals surface area contributed by atoms with E-state index in [1.54, 1.807) is 0 Å². The topological polar surface area (TPSA) is 108 Å². The summed E-state index contributed by atoms with van der Waals surface area (Å²) in [5.41, 5.74) is 0. The molecule has 0 rings (SSSR count). The van der Waals surface area contributed by atoms with E-state index in [0.29, 0.717) is 23.9 Å². The standard InChI is InChI=1S/C45H77NO8/c1-6-8-10-12-14-16-17-18-19-20-21-22-23-24-25-26-27-28-30-32-34-36-43(48)54-41(40-53-45(44(49)50)51-38-37-46(3,4)5)39-52-42(47)35-33-31-29-15-13-11-9-7-2/h8,10,14,16,18-19,21-22,24-25,41,45H,6-7,9,11-13,15,17,20,23,26-40H2,1-5H3/p+1/b10-8-,16-14-,19-18-,22-21-,25-24-. The molecule has 1 N–H and O–H groups in total. The highest BCUT2D eigenvalue weighted by Gasteiger charge is 2.25. The largest absolute Gasteiger partial charge is 0.477 e. The first-order valence-electron chi connectivity index (χ1n) is 21.0. The van der Waals surface area contributed by atoms with Gasteiger partial charge in [0.25, 0.3) is 6.29 Å². The molecule has 0 aromatic carbocycles. The van der Waals surface area contributed by atoms with Crippen LogP contribution in [0.2, 0.25) is 0 Å². The Morgan fingerprint density at radius 2 is 1.06 bits per heavy atom. The third-order valence-corrected chi connectivity index (χ3v) is 8.54. The molecule has 0 aromatic heterocycles. The van der Waals surface area contributed by atoms with Crippen LogP contribution >= 0.6 is 0 Å². The molecule has 0 spiro atoms. The number of esters is 2. The van der Waals surface area contributed by atoms with E-state index in [-0.39, 0.29) is 32.2 Å². The molecule has 0 aromatic rings. The lowest BCUT2D eigenvalue weighted by Crippen LogP contribution is -2.40. The van der Waals surface area contributed by atoms with Crippen LogP contribution in [0.3, 0.4) is 0 Å². The number of ether oxygens (including phenoxy) is 4. The molecule has 0 aliphatic carbocycles. The highest BCUT2D eigenvalue weighted by Crippen LogP contribution is 2.12. The van der Waals surface area contributed by atoms with Crippen molar-refractivity contribution in [3.63, 3.8) is 0 Å². The molecule has 9 heteroatoms. The van der Waals surface area contributed by atoms with Crippen molar-refractivity contribution in [2.24, 2.45) is 0 Å². The Morgan fingerprint density at radius 3 is 1.57 bits per heavy atom. The van der Waals surface area contributed by atoms with Crippen LogP contribution in [0.25, 0.3) is 0 Å². The van der Waals surface area contributed by atoms with Crippen LogP contribution in [0.1, 0.15) is 149 Å². The number of carboxylic acid groups (broad SMARTS) is 1. The lowest BCUT2D eigenvalue weighted by Gasteiger charge is -2.25. The molecule has 54 heavy (non-hydrogen) atoms. The summed E-state index contributed by atoms with van der Waals surface area (Å²) in [6.45, 7) is 4.67. The van der Waals surface area contributed by atoms with E-state index in [2.05, 4.69) is 74.6 Å². The van der Waals surface area contributed by atoms with E-state index in [9.17, 15) is 19.5 Å². The van der Waals surface area contributed by atoms with Crippen molar-refractivity contribution in [1.82, 2.24) is 0 Å². The number of unbranched alkanes of at least 4 members (excludes halogenated alkanes) is 12. The summed E-state index contributed by atoms with van der Waals surface area (Å²) < 4.78 is 22.6. The maximum absolute atomic E-state index is 12.7. The second-order valence-corrected chi connectivity index (χ2v) is 14.9. The van der Waals surface area contributed by atoms with Crippen LogP contribution in [0.4, 0.5) is 0 Å². The minimum atomic E-state index is -1.51. The fraction of sp³-hybridized carbons (Fsp3) is 0.711. The first kappa shape index (κ1) is 51.0. The molecule has 0 fully saturated rings. The summed E-state index contributed by atoms with van der Waals surface area (Å²) >= 11 is 0. The number of quaternary nitrogens is 1. The molecule has 0 heterocycles. The van der Waals surface area contributed by atoms with Gasteiger partial charge < -0.3 is 28.5 Å². The van der Waals surface area contributed by atoms with Crippen LogP contribution in [0, 0.1) is 0 Å². The van der Waals surface area contributed by atoms with E-state index in [0.717, 1.165) is 83.5 Å². The Kier molecular flexibility index (Phi) is 34.9. The summed E-state index contributed by atoms with van der Waals surface area (Å²) in [7, 11) is 5.93. The van der Waals surface area contributed by atoms with E-state index in [1.165, 1.54) is 32.1 Å². The monoisotopic (exact) mass is 761 g/mol. The highest BCUT2D eigenvalue weighted by atomic mass is 16.7. The number of likely N-dealkylation sites (N-methyl/N-ethyl adjacent to an activating group) is 1. The van der Waals surface area contributed by atoms with Crippen molar-refractivity contribution >= 4 is 17.9 Å². The minimum absolute atomic E-state index is 0.181. The molecule has 9 nitrogen and oxygen atoms in total. The Bertz CT molecular complexity index is 1070. The van der Waals surface area contributed by atoms with E-state index < -0.39 is 24.3 Å². The highest BCUT2D eigenvalue weighted by molar-refractivity contribution is 5.71. The molecule has 0 bridgehead atoms. The number of allylic oxidation sites excluding steroid dienone is 10. The minimum Gasteiger partial charge on any atom is -0.477 e. The Hall–Kier alpha value is -3.01. The molecule has 0 aliphatic heterocycles. The SMILES string of the molecule is CC/C=C\C/C=C\C/C=C\C/C=C\C/C=C\CCCCCCCC(=O)OC(COC(=O)CCCCCCCCCC)COC(OCC[N+](C)(C)C)C(=O)O. The summed E-state index contributed by atoms with van der Waals surface area (Å²) in [6.07, 6.45) is 40.0. The van der Waals surface area contributed by atoms with Gasteiger partial charge >= 0.3 is 17.9 Å². The van der Waals surface area contributed by atoms with Gasteiger partial charge in [-0.2, -0.15) is 0 Å². The van der Waals surface area contributed by atoms with E-state index in [4.69, 9.17) is 18.9 Å². The van der Waals surface area contributed by atoms with Crippen molar-refractivity contribution in [3.05, 3.63) is 60.8 Å². The quantitative estimate of drug-likeness (QED) is 0.0219. The van der Waals surface area contributed by atoms with Gasteiger partial charge in [-0.1, -0.05) is 139 Å². The normalized spacial score (nSPS) is 13.6. The van der Waals surface area contributed by atoms with Gasteiger partial charge in [-0.15, -0.1) is 0 Å². The molecule has 2 atom stereocenters. The zero-order chi connectivity index (χ0) is 40.0. The van der Waals surface area contributed by atoms with Gasteiger partial charge in [-0.3, -0.25) is 9.59 Å². The fourth-order valence-electron chi connectivity index (χ4n) is 5.27. The number of aliphatic carboxylic acids is 1. The van der Waals surface area contributed by atoms with E-state index in [1.807, 2.05) is 21.1 Å². The third-order valence-electron chi connectivity index (χ3n) is 8.54. The average Bonchev–Trinajstić information content (AvgIpc) is 3.12. The summed E-state index contributed by atoms with van der Waals surface area (Å²) in [5.74, 6) is -2.05. The van der Waals surface area contributed by atoms with Gasteiger partial charge in [0.1, 0.15) is 13.2 Å². The lowest BCUT2D eigenvalue weighted by atomic mass is 10.1. The maximum atomic E-state index is 12.7. The smallest absolute Gasteiger partial charge is 0.361 e. The summed E-state index contributed by atoms with van der Waals surface area (Å²) in [6, 6.07) is 0. The molecule has 0 radical (unpaired) electrons. The van der Waals surface area contributed by atoms with Crippen molar-refractivity contribution < 1.29 is 42.9 Å². The van der Waals surface area contributed by atoms with Gasteiger partial charge in [-0.05, 0) is 57.8 Å². The number of hydrogen-bond donors (Lipinski definition) is 1. The molecular formula is C45H78NO8+. The first-order chi connectivity index (χ1) is 26.1. The van der Waals surface area contributed by atoms with Crippen molar-refractivity contribution in [2.75, 3.05) is 47.5 Å². The molecule has 0 saturated heterocycles. The predicted octanol–water partition coefficient (Wildman–Crippen LogP) is 10.6. The van der Waals surface area contributed by atoms with Crippen molar-refractivity contribution in [2.45, 2.75) is 161 Å². The number of carbonyl (C=O) groups is 3. The molecule has 0 saturated carbocycles. The van der Waals surface area contributed by atoms with Gasteiger partial charge in [0.15, 0.2) is 6.10 Å². The zero-order valence-electron chi connectivity index (χ0n) is 34.9. The maximum Gasteiger partial charge on any atom is 0.361 e. The summed E-state index contributed by atoms with van der Waals surface area (Å²) in [5, 5.41) is 9.59. The predicted molar refractivity (Wildman–Crippen MR) is 221 cm³/mol. The molecule has 0 aliphatic rings. The third kappa shape index (κ3) is 37.3.